The van der Waals surface area contributed by atoms with Crippen molar-refractivity contribution in [1.29, 1.82) is 0 Å². The fourth-order valence-corrected chi connectivity index (χ4v) is 4.78. The van der Waals surface area contributed by atoms with Gasteiger partial charge in [0.05, 0.1) is 9.79 Å². The lowest BCUT2D eigenvalue weighted by atomic mass is 10.3. The molecule has 2 aromatic rings. The SMILES string of the molecule is CN(CCCNS(=O)(=O)c1ccccc1)CCCNS(=O)(=O)c1ccccc1. The molecule has 2 aromatic carbocycles. The van der Waals surface area contributed by atoms with Gasteiger partial charge in [-0.15, -0.1) is 0 Å². The van der Waals surface area contributed by atoms with Crippen LogP contribution in [0.5, 0.6) is 0 Å². The molecule has 0 aliphatic heterocycles. The first-order valence-corrected chi connectivity index (χ1v) is 12.1. The zero-order valence-electron chi connectivity index (χ0n) is 15.9. The average Bonchev–Trinajstić information content (AvgIpc) is 2.70. The van der Waals surface area contributed by atoms with Crippen molar-refractivity contribution in [1.82, 2.24) is 14.3 Å². The Balaban J connectivity index is 1.62. The molecular formula is C19H27N3O4S2. The fraction of sp³-hybridized carbons (Fsp3) is 0.368. The quantitative estimate of drug-likeness (QED) is 0.504. The molecule has 9 heteroatoms. The highest BCUT2D eigenvalue weighted by Gasteiger charge is 2.13. The van der Waals surface area contributed by atoms with Crippen LogP contribution in [-0.4, -0.2) is 55.0 Å². The molecule has 28 heavy (non-hydrogen) atoms. The molecule has 0 fully saturated rings. The van der Waals surface area contributed by atoms with E-state index in [1.807, 2.05) is 11.9 Å². The number of nitrogens with one attached hydrogen (secondary N) is 2. The van der Waals surface area contributed by atoms with E-state index < -0.39 is 20.0 Å². The van der Waals surface area contributed by atoms with Crippen molar-refractivity contribution in [2.45, 2.75) is 22.6 Å². The number of hydrogen-bond donors (Lipinski definition) is 2. The van der Waals surface area contributed by atoms with E-state index in [2.05, 4.69) is 9.44 Å². The lowest BCUT2D eigenvalue weighted by molar-refractivity contribution is 0.325. The molecule has 0 bridgehead atoms. The lowest BCUT2D eigenvalue weighted by Crippen LogP contribution is -2.30. The third-order valence-corrected chi connectivity index (χ3v) is 7.08. The van der Waals surface area contributed by atoms with Crippen LogP contribution in [0, 0.1) is 0 Å². The molecule has 0 amide bonds. The summed E-state index contributed by atoms with van der Waals surface area (Å²) in [5, 5.41) is 0. The van der Waals surface area contributed by atoms with Crippen molar-refractivity contribution < 1.29 is 16.8 Å². The average molecular weight is 426 g/mol. The highest BCUT2D eigenvalue weighted by Crippen LogP contribution is 2.08. The Bertz CT molecular complexity index is 841. The number of sulfonamides is 2. The van der Waals surface area contributed by atoms with E-state index in [0.29, 0.717) is 39.0 Å². The summed E-state index contributed by atoms with van der Waals surface area (Å²) in [4.78, 5) is 2.57. The van der Waals surface area contributed by atoms with E-state index in [-0.39, 0.29) is 9.79 Å². The molecule has 0 unspecified atom stereocenters. The van der Waals surface area contributed by atoms with Gasteiger partial charge in [-0.05, 0) is 57.2 Å². The summed E-state index contributed by atoms with van der Waals surface area (Å²) in [5.41, 5.74) is 0. The number of nitrogens with zero attached hydrogens (tertiary/aromatic N) is 1. The maximum atomic E-state index is 12.1. The van der Waals surface area contributed by atoms with Gasteiger partial charge in [0, 0.05) is 13.1 Å². The second-order valence-corrected chi connectivity index (χ2v) is 9.97. The summed E-state index contributed by atoms with van der Waals surface area (Å²) in [6.07, 6.45) is 1.33. The van der Waals surface area contributed by atoms with Gasteiger partial charge in [-0.25, -0.2) is 26.3 Å². The van der Waals surface area contributed by atoms with Gasteiger partial charge in [0.1, 0.15) is 0 Å². The number of hydrogen-bond acceptors (Lipinski definition) is 5. The zero-order chi connectivity index (χ0) is 20.5. The van der Waals surface area contributed by atoms with Gasteiger partial charge < -0.3 is 4.90 Å². The molecule has 0 aromatic heterocycles. The molecule has 0 heterocycles. The van der Waals surface area contributed by atoms with Crippen LogP contribution in [0.15, 0.2) is 70.5 Å². The van der Waals surface area contributed by atoms with Crippen molar-refractivity contribution in [3.05, 3.63) is 60.7 Å². The fourth-order valence-electron chi connectivity index (χ4n) is 2.59. The molecule has 0 saturated carbocycles. The van der Waals surface area contributed by atoms with Crippen molar-refractivity contribution in [2.24, 2.45) is 0 Å². The normalized spacial score (nSPS) is 12.4. The van der Waals surface area contributed by atoms with Gasteiger partial charge in [0.25, 0.3) is 0 Å². The topological polar surface area (TPSA) is 95.6 Å². The minimum atomic E-state index is -3.47. The van der Waals surface area contributed by atoms with Crippen molar-refractivity contribution in [3.8, 4) is 0 Å². The molecule has 0 saturated heterocycles. The van der Waals surface area contributed by atoms with Gasteiger partial charge >= 0.3 is 0 Å². The zero-order valence-corrected chi connectivity index (χ0v) is 17.5. The van der Waals surface area contributed by atoms with E-state index in [0.717, 1.165) is 0 Å². The predicted molar refractivity (Wildman–Crippen MR) is 110 cm³/mol. The minimum Gasteiger partial charge on any atom is -0.306 e. The van der Waals surface area contributed by atoms with E-state index in [4.69, 9.17) is 0 Å². The van der Waals surface area contributed by atoms with Crippen LogP contribution in [-0.2, 0) is 20.0 Å². The molecule has 0 spiro atoms. The van der Waals surface area contributed by atoms with Crippen LogP contribution in [0.25, 0.3) is 0 Å². The molecule has 0 aliphatic rings. The van der Waals surface area contributed by atoms with Crippen LogP contribution >= 0.6 is 0 Å². The second-order valence-electron chi connectivity index (χ2n) is 6.43. The van der Waals surface area contributed by atoms with Crippen LogP contribution < -0.4 is 9.44 Å². The Labute approximate surface area is 167 Å². The van der Waals surface area contributed by atoms with Crippen molar-refractivity contribution >= 4 is 20.0 Å². The summed E-state index contributed by atoms with van der Waals surface area (Å²) in [6.45, 7) is 2.12. The Kier molecular flexibility index (Phi) is 8.58. The predicted octanol–water partition coefficient (Wildman–Crippen LogP) is 1.66. The lowest BCUT2D eigenvalue weighted by Gasteiger charge is -2.17. The molecule has 7 nitrogen and oxygen atoms in total. The highest BCUT2D eigenvalue weighted by atomic mass is 32.2. The Morgan fingerprint density at radius 3 is 1.39 bits per heavy atom. The van der Waals surface area contributed by atoms with E-state index in [1.165, 1.54) is 0 Å². The molecular weight excluding hydrogens is 398 g/mol. The number of benzene rings is 2. The summed E-state index contributed by atoms with van der Waals surface area (Å²) in [5.74, 6) is 0. The summed E-state index contributed by atoms with van der Waals surface area (Å²) in [7, 11) is -5.01. The molecule has 0 radical (unpaired) electrons. The standard InChI is InChI=1S/C19H27N3O4S2/c1-22(16-8-14-20-27(23,24)18-10-4-2-5-11-18)17-9-15-21-28(25,26)19-12-6-3-7-13-19/h2-7,10-13,20-21H,8-9,14-17H2,1H3. The van der Waals surface area contributed by atoms with Crippen LogP contribution in [0.1, 0.15) is 12.8 Å². The first-order chi connectivity index (χ1) is 13.3. The number of rotatable bonds is 12. The van der Waals surface area contributed by atoms with E-state index >= 15 is 0 Å². The second kappa shape index (κ2) is 10.7. The minimum absolute atomic E-state index is 0.258. The van der Waals surface area contributed by atoms with Gasteiger partial charge in [-0.2, -0.15) is 0 Å². The maximum Gasteiger partial charge on any atom is 0.240 e. The summed E-state index contributed by atoms with van der Waals surface area (Å²) >= 11 is 0. The van der Waals surface area contributed by atoms with E-state index in [9.17, 15) is 16.8 Å². The molecule has 0 atom stereocenters. The molecule has 2 rings (SSSR count). The first kappa shape index (κ1) is 22.5. The molecule has 2 N–H and O–H groups in total. The third-order valence-electron chi connectivity index (χ3n) is 4.12. The largest absolute Gasteiger partial charge is 0.306 e. The maximum absolute atomic E-state index is 12.1. The first-order valence-electron chi connectivity index (χ1n) is 9.09. The van der Waals surface area contributed by atoms with Crippen LogP contribution in [0.4, 0.5) is 0 Å². The van der Waals surface area contributed by atoms with Crippen molar-refractivity contribution in [3.63, 3.8) is 0 Å². The van der Waals surface area contributed by atoms with Crippen LogP contribution in [0.2, 0.25) is 0 Å². The molecule has 154 valence electrons. The van der Waals surface area contributed by atoms with Crippen LogP contribution in [0.3, 0.4) is 0 Å². The Morgan fingerprint density at radius 1 is 0.679 bits per heavy atom. The van der Waals surface area contributed by atoms with E-state index in [1.54, 1.807) is 60.7 Å². The highest BCUT2D eigenvalue weighted by molar-refractivity contribution is 7.89. The van der Waals surface area contributed by atoms with Crippen molar-refractivity contribution in [2.75, 3.05) is 33.2 Å². The summed E-state index contributed by atoms with van der Waals surface area (Å²) < 4.78 is 53.6. The van der Waals surface area contributed by atoms with Gasteiger partial charge in [0.15, 0.2) is 0 Å². The van der Waals surface area contributed by atoms with Gasteiger partial charge in [-0.1, -0.05) is 36.4 Å². The smallest absolute Gasteiger partial charge is 0.240 e. The monoisotopic (exact) mass is 425 g/mol. The Hall–Kier alpha value is -1.78. The van der Waals surface area contributed by atoms with Gasteiger partial charge in [0.2, 0.25) is 20.0 Å². The van der Waals surface area contributed by atoms with Gasteiger partial charge in [-0.3, -0.25) is 0 Å². The Morgan fingerprint density at radius 2 is 1.04 bits per heavy atom. The molecule has 0 aliphatic carbocycles. The third kappa shape index (κ3) is 7.33. The summed E-state index contributed by atoms with van der Waals surface area (Å²) in [6, 6.07) is 16.5.